The SMILES string of the molecule is O=C1C(=Cc2cccn2-c2cccc([N+](=O)[O-])c2)SC(=S)N1c1cccc(F)c1. The molecular formula is C20H12FN3O3S2. The largest absolute Gasteiger partial charge is 0.317 e. The second-order valence-corrected chi connectivity index (χ2v) is 7.75. The summed E-state index contributed by atoms with van der Waals surface area (Å²) in [6.07, 6.45) is 3.41. The summed E-state index contributed by atoms with van der Waals surface area (Å²) in [5.74, 6) is -0.808. The van der Waals surface area contributed by atoms with E-state index in [1.807, 2.05) is 0 Å². The summed E-state index contributed by atoms with van der Waals surface area (Å²) < 4.78 is 15.6. The van der Waals surface area contributed by atoms with Crippen LogP contribution in [0.1, 0.15) is 5.69 Å². The predicted molar refractivity (Wildman–Crippen MR) is 114 cm³/mol. The summed E-state index contributed by atoms with van der Waals surface area (Å²) in [5, 5.41) is 11.1. The lowest BCUT2D eigenvalue weighted by atomic mass is 10.2. The highest BCUT2D eigenvalue weighted by Gasteiger charge is 2.33. The maximum atomic E-state index is 13.6. The number of rotatable bonds is 4. The normalized spacial score (nSPS) is 15.3. The molecule has 144 valence electrons. The lowest BCUT2D eigenvalue weighted by molar-refractivity contribution is -0.384. The third-order valence-electron chi connectivity index (χ3n) is 4.24. The van der Waals surface area contributed by atoms with Crippen LogP contribution < -0.4 is 4.90 Å². The Balaban J connectivity index is 1.69. The van der Waals surface area contributed by atoms with E-state index in [1.165, 1.54) is 35.2 Å². The maximum Gasteiger partial charge on any atom is 0.271 e. The number of thiocarbonyl (C=S) groups is 1. The van der Waals surface area contributed by atoms with Gasteiger partial charge in [0.15, 0.2) is 4.32 Å². The average molecular weight is 425 g/mol. The van der Waals surface area contributed by atoms with Crippen molar-refractivity contribution in [3.8, 4) is 5.69 Å². The van der Waals surface area contributed by atoms with E-state index in [0.717, 1.165) is 11.8 Å². The molecule has 0 aliphatic carbocycles. The smallest absolute Gasteiger partial charge is 0.271 e. The number of thioether (sulfide) groups is 1. The number of carbonyl (C=O) groups excluding carboxylic acids is 1. The topological polar surface area (TPSA) is 68.4 Å². The Kier molecular flexibility index (Phi) is 4.99. The van der Waals surface area contributed by atoms with Gasteiger partial charge in [0.1, 0.15) is 5.82 Å². The molecule has 0 saturated carbocycles. The first-order valence-electron chi connectivity index (χ1n) is 8.40. The molecule has 0 spiro atoms. The van der Waals surface area contributed by atoms with Gasteiger partial charge in [0.05, 0.1) is 21.2 Å². The fraction of sp³-hybridized carbons (Fsp3) is 0. The lowest BCUT2D eigenvalue weighted by Crippen LogP contribution is -2.27. The highest BCUT2D eigenvalue weighted by Crippen LogP contribution is 2.36. The number of benzene rings is 2. The molecule has 2 aromatic carbocycles. The number of nitro benzene ring substituents is 1. The van der Waals surface area contributed by atoms with E-state index in [-0.39, 0.29) is 11.6 Å². The van der Waals surface area contributed by atoms with Crippen molar-refractivity contribution in [3.63, 3.8) is 0 Å². The van der Waals surface area contributed by atoms with E-state index in [1.54, 1.807) is 47.2 Å². The number of carbonyl (C=O) groups is 1. The van der Waals surface area contributed by atoms with Gasteiger partial charge in [-0.05, 0) is 42.5 Å². The molecule has 1 aliphatic rings. The second-order valence-electron chi connectivity index (χ2n) is 6.08. The molecule has 0 atom stereocenters. The van der Waals surface area contributed by atoms with Crippen LogP contribution in [0.25, 0.3) is 11.8 Å². The molecule has 6 nitrogen and oxygen atoms in total. The van der Waals surface area contributed by atoms with Crippen molar-refractivity contribution >= 4 is 51.7 Å². The number of amides is 1. The zero-order valence-electron chi connectivity index (χ0n) is 14.7. The average Bonchev–Trinajstić information content (AvgIpc) is 3.26. The van der Waals surface area contributed by atoms with Crippen molar-refractivity contribution in [2.45, 2.75) is 0 Å². The van der Waals surface area contributed by atoms with Gasteiger partial charge in [0.2, 0.25) is 0 Å². The molecule has 9 heteroatoms. The zero-order valence-corrected chi connectivity index (χ0v) is 16.3. The molecule has 0 radical (unpaired) electrons. The molecular weight excluding hydrogens is 413 g/mol. The third kappa shape index (κ3) is 3.69. The number of halogens is 1. The summed E-state index contributed by atoms with van der Waals surface area (Å²) >= 11 is 6.43. The zero-order chi connectivity index (χ0) is 20.5. The van der Waals surface area contributed by atoms with Gasteiger partial charge in [-0.25, -0.2) is 4.39 Å². The standard InChI is InChI=1S/C20H12FN3O3S2/c21-13-4-1-6-16(10-13)23-19(25)18(29-20(23)28)12-15-8-3-9-22(15)14-5-2-7-17(11-14)24(26)27/h1-12H. The fourth-order valence-electron chi connectivity index (χ4n) is 2.94. The monoisotopic (exact) mass is 425 g/mol. The van der Waals surface area contributed by atoms with Gasteiger partial charge < -0.3 is 4.57 Å². The van der Waals surface area contributed by atoms with Crippen LogP contribution in [-0.2, 0) is 4.79 Å². The van der Waals surface area contributed by atoms with Crippen LogP contribution in [0, 0.1) is 15.9 Å². The second kappa shape index (κ2) is 7.61. The molecule has 1 fully saturated rings. The van der Waals surface area contributed by atoms with Crippen LogP contribution in [0.15, 0.2) is 71.8 Å². The molecule has 1 aromatic heterocycles. The molecule has 3 aromatic rings. The van der Waals surface area contributed by atoms with Crippen LogP contribution in [-0.4, -0.2) is 19.7 Å². The van der Waals surface area contributed by atoms with Gasteiger partial charge >= 0.3 is 0 Å². The minimum Gasteiger partial charge on any atom is -0.317 e. The highest BCUT2D eigenvalue weighted by atomic mass is 32.2. The van der Waals surface area contributed by atoms with Crippen molar-refractivity contribution in [1.29, 1.82) is 0 Å². The maximum absolute atomic E-state index is 13.6. The number of non-ortho nitro benzene ring substituents is 1. The van der Waals surface area contributed by atoms with E-state index in [2.05, 4.69) is 0 Å². The number of hydrogen-bond donors (Lipinski definition) is 0. The fourth-order valence-corrected chi connectivity index (χ4v) is 4.23. The molecule has 1 saturated heterocycles. The number of nitro groups is 1. The highest BCUT2D eigenvalue weighted by molar-refractivity contribution is 8.27. The Morgan fingerprint density at radius 1 is 1.07 bits per heavy atom. The van der Waals surface area contributed by atoms with Crippen molar-refractivity contribution in [3.05, 3.63) is 93.4 Å². The Morgan fingerprint density at radius 2 is 1.83 bits per heavy atom. The van der Waals surface area contributed by atoms with Crippen molar-refractivity contribution in [2.24, 2.45) is 0 Å². The number of aromatic nitrogens is 1. The first kappa shape index (κ1) is 19.0. The number of hydrogen-bond acceptors (Lipinski definition) is 5. The summed E-state index contributed by atoms with van der Waals surface area (Å²) in [6, 6.07) is 15.4. The lowest BCUT2D eigenvalue weighted by Gasteiger charge is -2.14. The molecule has 0 unspecified atom stereocenters. The molecule has 1 aliphatic heterocycles. The molecule has 0 bridgehead atoms. The van der Waals surface area contributed by atoms with Gasteiger partial charge in [0, 0.05) is 24.0 Å². The van der Waals surface area contributed by atoms with Crippen LogP contribution >= 0.6 is 24.0 Å². The van der Waals surface area contributed by atoms with E-state index < -0.39 is 10.7 Å². The van der Waals surface area contributed by atoms with Crippen LogP contribution in [0.4, 0.5) is 15.8 Å². The molecule has 1 amide bonds. The Morgan fingerprint density at radius 3 is 2.59 bits per heavy atom. The molecule has 4 rings (SSSR count). The van der Waals surface area contributed by atoms with Gasteiger partial charge in [0.25, 0.3) is 11.6 Å². The number of nitrogens with zero attached hydrogens (tertiary/aromatic N) is 3. The van der Waals surface area contributed by atoms with E-state index in [4.69, 9.17) is 12.2 Å². The number of anilines is 1. The van der Waals surface area contributed by atoms with Crippen molar-refractivity contribution < 1.29 is 14.1 Å². The molecule has 2 heterocycles. The van der Waals surface area contributed by atoms with Crippen LogP contribution in [0.3, 0.4) is 0 Å². The van der Waals surface area contributed by atoms with E-state index in [0.29, 0.717) is 26.3 Å². The van der Waals surface area contributed by atoms with Crippen LogP contribution in [0.5, 0.6) is 0 Å². The first-order valence-corrected chi connectivity index (χ1v) is 9.62. The minimum absolute atomic E-state index is 0.0282. The van der Waals surface area contributed by atoms with Gasteiger partial charge in [-0.3, -0.25) is 19.8 Å². The summed E-state index contributed by atoms with van der Waals surface area (Å²) in [6.45, 7) is 0. The van der Waals surface area contributed by atoms with Crippen molar-refractivity contribution in [1.82, 2.24) is 4.57 Å². The van der Waals surface area contributed by atoms with Gasteiger partial charge in [-0.15, -0.1) is 0 Å². The minimum atomic E-state index is -0.462. The van der Waals surface area contributed by atoms with E-state index >= 15 is 0 Å². The molecule has 29 heavy (non-hydrogen) atoms. The van der Waals surface area contributed by atoms with Crippen LogP contribution in [0.2, 0.25) is 0 Å². The van der Waals surface area contributed by atoms with E-state index in [9.17, 15) is 19.3 Å². The first-order chi connectivity index (χ1) is 13.9. The molecule has 0 N–H and O–H groups in total. The quantitative estimate of drug-likeness (QED) is 0.257. The van der Waals surface area contributed by atoms with Gasteiger partial charge in [-0.1, -0.05) is 36.1 Å². The Labute approximate surface area is 174 Å². The Bertz CT molecular complexity index is 1190. The van der Waals surface area contributed by atoms with Crippen molar-refractivity contribution in [2.75, 3.05) is 4.90 Å². The Hall–Kier alpha value is -3.30. The van der Waals surface area contributed by atoms with Gasteiger partial charge in [-0.2, -0.15) is 0 Å². The third-order valence-corrected chi connectivity index (χ3v) is 5.54. The predicted octanol–water partition coefficient (Wildman–Crippen LogP) is 4.93. The summed E-state index contributed by atoms with van der Waals surface area (Å²) in [5.41, 5.74) is 1.59. The summed E-state index contributed by atoms with van der Waals surface area (Å²) in [4.78, 5) is 25.1. The summed E-state index contributed by atoms with van der Waals surface area (Å²) in [7, 11) is 0.